The van der Waals surface area contributed by atoms with Gasteiger partial charge in [0.2, 0.25) is 5.91 Å². The van der Waals surface area contributed by atoms with Crippen LogP contribution in [0.4, 0.5) is 0 Å². The molecular weight excluding hydrogens is 943 g/mol. The van der Waals surface area contributed by atoms with E-state index in [1.54, 1.807) is 0 Å². The van der Waals surface area contributed by atoms with Gasteiger partial charge in [-0.25, -0.2) is 0 Å². The third-order valence-corrected chi connectivity index (χ3v) is 14.6. The van der Waals surface area contributed by atoms with Gasteiger partial charge in [0.05, 0.1) is 32.0 Å². The average Bonchev–Trinajstić information content (AvgIpc) is 3.40. The largest absolute Gasteiger partial charge is 0.394 e. The van der Waals surface area contributed by atoms with Gasteiger partial charge in [-0.2, -0.15) is 0 Å². The first-order valence-electron chi connectivity index (χ1n) is 29.9. The maximum atomic E-state index is 13.2. The first-order valence-corrected chi connectivity index (χ1v) is 29.9. The van der Waals surface area contributed by atoms with Crippen LogP contribution in [-0.4, -0.2) is 140 Å². The van der Waals surface area contributed by atoms with Crippen LogP contribution in [0, 0.1) is 0 Å². The van der Waals surface area contributed by atoms with Crippen molar-refractivity contribution >= 4 is 5.91 Å². The van der Waals surface area contributed by atoms with E-state index in [1.807, 2.05) is 12.2 Å². The van der Waals surface area contributed by atoms with E-state index in [0.717, 1.165) is 51.4 Å². The van der Waals surface area contributed by atoms with Crippen LogP contribution in [0.15, 0.2) is 48.6 Å². The van der Waals surface area contributed by atoms with Crippen molar-refractivity contribution < 1.29 is 64.6 Å². The number of allylic oxidation sites excluding steroid dienone is 8. The lowest BCUT2D eigenvalue weighted by Gasteiger charge is -2.46. The van der Waals surface area contributed by atoms with E-state index in [-0.39, 0.29) is 18.9 Å². The summed E-state index contributed by atoms with van der Waals surface area (Å²) < 4.78 is 22.8. The van der Waals surface area contributed by atoms with Crippen molar-refractivity contribution in [2.24, 2.45) is 0 Å². The maximum Gasteiger partial charge on any atom is 0.220 e. The van der Waals surface area contributed by atoms with E-state index in [1.165, 1.54) is 148 Å². The summed E-state index contributed by atoms with van der Waals surface area (Å²) in [6, 6.07) is -0.868. The van der Waals surface area contributed by atoms with Crippen molar-refractivity contribution in [3.63, 3.8) is 0 Å². The van der Waals surface area contributed by atoms with Crippen LogP contribution in [0.1, 0.15) is 232 Å². The zero-order valence-electron chi connectivity index (χ0n) is 46.3. The molecule has 14 heteroatoms. The Balaban J connectivity index is 1.71. The number of aliphatic hydroxyl groups is 8. The number of carbonyl (C=O) groups excluding carboxylic acids is 1. The van der Waals surface area contributed by atoms with Gasteiger partial charge in [0.15, 0.2) is 12.6 Å². The maximum absolute atomic E-state index is 13.2. The van der Waals surface area contributed by atoms with Gasteiger partial charge in [0, 0.05) is 6.42 Å². The number of hydrogen-bond acceptors (Lipinski definition) is 13. The molecule has 0 spiro atoms. The summed E-state index contributed by atoms with van der Waals surface area (Å²) in [6.07, 6.45) is 40.1. The monoisotopic (exact) mass is 1050 g/mol. The summed E-state index contributed by atoms with van der Waals surface area (Å²) in [7, 11) is 0. The van der Waals surface area contributed by atoms with Crippen molar-refractivity contribution in [3.8, 4) is 0 Å². The van der Waals surface area contributed by atoms with E-state index in [9.17, 15) is 45.6 Å². The lowest BCUT2D eigenvalue weighted by Crippen LogP contribution is -2.65. The molecule has 432 valence electrons. The minimum atomic E-state index is -1.79. The summed E-state index contributed by atoms with van der Waals surface area (Å²) in [5.41, 5.74) is 0. The molecule has 12 unspecified atom stereocenters. The molecule has 12 atom stereocenters. The molecule has 2 fully saturated rings. The molecule has 0 aromatic rings. The van der Waals surface area contributed by atoms with E-state index >= 15 is 0 Å². The molecule has 14 nitrogen and oxygen atoms in total. The molecule has 2 aliphatic heterocycles. The number of carbonyl (C=O) groups is 1. The Hall–Kier alpha value is -2.05. The standard InChI is InChI=1S/C60H109NO13/c1-3-5-7-9-11-13-15-17-18-19-20-21-22-23-24-25-26-27-28-29-30-32-33-35-37-39-41-43-49(64)48(61-52(65)44-42-40-38-36-34-31-16-14-12-10-8-6-4-2)47-71-59-57(70)55(68)58(51(46-63)73-59)74-60-56(69)54(67)53(66)50(45-62)72-60/h6,8,12,14,31,34,38,40,48-51,53-60,62-64,66-70H,3-5,7,9-11,13,15-30,32-33,35-37,39,41-47H2,1-2H3,(H,61,65)/b8-6-,14-12-,34-31-,40-38-. The van der Waals surface area contributed by atoms with Gasteiger partial charge in [-0.05, 0) is 38.5 Å². The molecule has 0 aromatic heterocycles. The predicted octanol–water partition coefficient (Wildman–Crippen LogP) is 10.0. The van der Waals surface area contributed by atoms with Crippen LogP contribution in [0.3, 0.4) is 0 Å². The van der Waals surface area contributed by atoms with E-state index in [2.05, 4.69) is 55.6 Å². The Morgan fingerprint density at radius 1 is 0.500 bits per heavy atom. The fourth-order valence-electron chi connectivity index (χ4n) is 9.78. The molecule has 2 aliphatic rings. The second kappa shape index (κ2) is 45.9. The fourth-order valence-corrected chi connectivity index (χ4v) is 9.78. The summed E-state index contributed by atoms with van der Waals surface area (Å²) in [4.78, 5) is 13.2. The minimum Gasteiger partial charge on any atom is -0.394 e. The Morgan fingerprint density at radius 3 is 1.35 bits per heavy atom. The first-order chi connectivity index (χ1) is 36.1. The molecule has 2 rings (SSSR count). The highest BCUT2D eigenvalue weighted by Crippen LogP contribution is 2.30. The van der Waals surface area contributed by atoms with Crippen molar-refractivity contribution in [1.82, 2.24) is 5.32 Å². The van der Waals surface area contributed by atoms with Gasteiger partial charge in [0.25, 0.3) is 0 Å². The molecule has 9 N–H and O–H groups in total. The van der Waals surface area contributed by atoms with Crippen molar-refractivity contribution in [1.29, 1.82) is 0 Å². The number of nitrogens with one attached hydrogen (secondary N) is 1. The molecule has 0 radical (unpaired) electrons. The van der Waals surface area contributed by atoms with Crippen LogP contribution in [-0.2, 0) is 23.7 Å². The smallest absolute Gasteiger partial charge is 0.220 e. The second-order valence-electron chi connectivity index (χ2n) is 21.1. The van der Waals surface area contributed by atoms with Gasteiger partial charge >= 0.3 is 0 Å². The highest BCUT2D eigenvalue weighted by Gasteiger charge is 2.51. The molecule has 2 saturated heterocycles. The minimum absolute atomic E-state index is 0.182. The van der Waals surface area contributed by atoms with Gasteiger partial charge in [-0.15, -0.1) is 0 Å². The Kier molecular flexibility index (Phi) is 42.2. The lowest BCUT2D eigenvalue weighted by molar-refractivity contribution is -0.359. The van der Waals surface area contributed by atoms with Gasteiger partial charge < -0.3 is 65.1 Å². The Labute approximate surface area is 448 Å². The molecule has 2 heterocycles. The van der Waals surface area contributed by atoms with E-state index in [0.29, 0.717) is 12.8 Å². The zero-order valence-corrected chi connectivity index (χ0v) is 46.3. The third-order valence-electron chi connectivity index (χ3n) is 14.6. The molecule has 0 aliphatic carbocycles. The molecule has 0 saturated carbocycles. The summed E-state index contributed by atoms with van der Waals surface area (Å²) in [5.74, 6) is -0.285. The van der Waals surface area contributed by atoms with Crippen LogP contribution < -0.4 is 5.32 Å². The normalized spacial score (nSPS) is 25.5. The highest BCUT2D eigenvalue weighted by molar-refractivity contribution is 5.76. The number of unbranched alkanes of at least 4 members (excludes halogenated alkanes) is 26. The SMILES string of the molecule is CC/C=C\C/C=C\C/C=C\C/C=C\CCC(=O)NC(COC1OC(CO)C(OC2OC(CO)C(O)C(O)C2O)C(O)C1O)C(O)CCCCCCCCCCCCCCCCCCCCCCCCCCCCC. The van der Waals surface area contributed by atoms with E-state index in [4.69, 9.17) is 18.9 Å². The number of amides is 1. The van der Waals surface area contributed by atoms with Gasteiger partial charge in [-0.3, -0.25) is 4.79 Å². The quantitative estimate of drug-likeness (QED) is 0.0205. The average molecular weight is 1050 g/mol. The second-order valence-corrected chi connectivity index (χ2v) is 21.1. The topological polar surface area (TPSA) is 228 Å². The molecule has 1 amide bonds. The summed E-state index contributed by atoms with van der Waals surface area (Å²) >= 11 is 0. The Bertz CT molecular complexity index is 1430. The Morgan fingerprint density at radius 2 is 0.905 bits per heavy atom. The van der Waals surface area contributed by atoms with Crippen LogP contribution in [0.2, 0.25) is 0 Å². The molecular formula is C60H109NO13. The number of rotatable bonds is 47. The van der Waals surface area contributed by atoms with Crippen LogP contribution in [0.25, 0.3) is 0 Å². The van der Waals surface area contributed by atoms with Crippen molar-refractivity contribution in [2.45, 2.75) is 306 Å². The zero-order chi connectivity index (χ0) is 53.9. The summed E-state index contributed by atoms with van der Waals surface area (Å²) in [5, 5.41) is 87.1. The molecule has 0 bridgehead atoms. The fraction of sp³-hybridized carbons (Fsp3) is 0.850. The first kappa shape index (κ1) is 68.1. The third kappa shape index (κ3) is 31.4. The van der Waals surface area contributed by atoms with Crippen molar-refractivity contribution in [3.05, 3.63) is 48.6 Å². The van der Waals surface area contributed by atoms with Crippen LogP contribution in [0.5, 0.6) is 0 Å². The predicted molar refractivity (Wildman–Crippen MR) is 295 cm³/mol. The van der Waals surface area contributed by atoms with Crippen molar-refractivity contribution in [2.75, 3.05) is 19.8 Å². The van der Waals surface area contributed by atoms with E-state index < -0.39 is 86.8 Å². The highest BCUT2D eigenvalue weighted by atomic mass is 16.7. The molecule has 74 heavy (non-hydrogen) atoms. The lowest BCUT2D eigenvalue weighted by atomic mass is 9.97. The van der Waals surface area contributed by atoms with Gasteiger partial charge in [0.1, 0.15) is 48.8 Å². The van der Waals surface area contributed by atoms with Gasteiger partial charge in [-0.1, -0.05) is 236 Å². The number of ether oxygens (including phenoxy) is 4. The van der Waals surface area contributed by atoms with Crippen LogP contribution >= 0.6 is 0 Å². The summed E-state index contributed by atoms with van der Waals surface area (Å²) in [6.45, 7) is 2.70. The number of hydrogen-bond donors (Lipinski definition) is 9. The molecule has 0 aromatic carbocycles. The number of aliphatic hydroxyl groups excluding tert-OH is 8.